The van der Waals surface area contributed by atoms with E-state index < -0.39 is 0 Å². The van der Waals surface area contributed by atoms with Crippen molar-refractivity contribution in [2.75, 3.05) is 0 Å². The van der Waals surface area contributed by atoms with Crippen molar-refractivity contribution < 1.29 is 0 Å². The fourth-order valence-corrected chi connectivity index (χ4v) is 8.52. The monoisotopic (exact) mass is 649 g/mol. The molecule has 3 heterocycles. The van der Waals surface area contributed by atoms with Crippen molar-refractivity contribution in [1.82, 2.24) is 13.7 Å². The van der Waals surface area contributed by atoms with E-state index in [0.717, 1.165) is 11.4 Å². The molecular weight excluding hydrogens is 619 g/mol. The molecule has 0 aliphatic rings. The molecule has 51 heavy (non-hydrogen) atoms. The maximum absolute atomic E-state index is 2.52. The molecule has 0 radical (unpaired) electrons. The zero-order chi connectivity index (χ0) is 33.5. The average molecular weight is 650 g/mol. The van der Waals surface area contributed by atoms with Crippen molar-refractivity contribution >= 4 is 65.4 Å². The third-order valence-electron chi connectivity index (χ3n) is 10.6. The molecule has 0 amide bonds. The van der Waals surface area contributed by atoms with Crippen LogP contribution in [0.4, 0.5) is 0 Å². The lowest BCUT2D eigenvalue weighted by Crippen LogP contribution is -2.00. The maximum atomic E-state index is 2.52. The first-order valence-electron chi connectivity index (χ1n) is 17.5. The molecule has 0 saturated heterocycles. The Bertz CT molecular complexity index is 3070. The van der Waals surface area contributed by atoms with Crippen molar-refractivity contribution in [3.05, 3.63) is 188 Å². The van der Waals surface area contributed by atoms with Crippen LogP contribution in [0.25, 0.3) is 93.6 Å². The largest absolute Gasteiger partial charge is 0.309 e. The van der Waals surface area contributed by atoms with Crippen molar-refractivity contribution in [1.29, 1.82) is 0 Å². The van der Waals surface area contributed by atoms with Gasteiger partial charge >= 0.3 is 0 Å². The molecule has 3 aromatic heterocycles. The van der Waals surface area contributed by atoms with Gasteiger partial charge in [-0.25, -0.2) is 0 Å². The molecule has 0 aliphatic carbocycles. The fourth-order valence-electron chi connectivity index (χ4n) is 8.52. The van der Waals surface area contributed by atoms with E-state index in [1.165, 1.54) is 82.2 Å². The lowest BCUT2D eigenvalue weighted by atomic mass is 9.97. The van der Waals surface area contributed by atoms with Crippen molar-refractivity contribution in [2.45, 2.75) is 0 Å². The molecule has 11 rings (SSSR count). The number of nitrogens with zero attached hydrogens (tertiary/aromatic N) is 3. The van der Waals surface area contributed by atoms with E-state index in [-0.39, 0.29) is 0 Å². The van der Waals surface area contributed by atoms with Crippen LogP contribution in [0.3, 0.4) is 0 Å². The second-order valence-electron chi connectivity index (χ2n) is 13.3. The van der Waals surface area contributed by atoms with Crippen LogP contribution < -0.4 is 0 Å². The Morgan fingerprint density at radius 3 is 1.27 bits per heavy atom. The van der Waals surface area contributed by atoms with Gasteiger partial charge in [0.05, 0.1) is 38.8 Å². The predicted molar refractivity (Wildman–Crippen MR) is 215 cm³/mol. The SMILES string of the molecule is c1ccc(-n2c3ccccc3c3cc(-c4ccc5c(c4-n4c6ccccc6c6ccccc64)c4ccccc4n5-c4ccccc4)ccc32)cc1. The smallest absolute Gasteiger partial charge is 0.0640 e. The van der Waals surface area contributed by atoms with Gasteiger partial charge in [0.15, 0.2) is 0 Å². The molecule has 0 N–H and O–H groups in total. The highest BCUT2D eigenvalue weighted by Crippen LogP contribution is 2.45. The molecule has 3 heteroatoms. The third kappa shape index (κ3) is 4.00. The van der Waals surface area contributed by atoms with E-state index >= 15 is 0 Å². The molecule has 0 spiro atoms. The second kappa shape index (κ2) is 10.8. The van der Waals surface area contributed by atoms with E-state index in [4.69, 9.17) is 0 Å². The summed E-state index contributed by atoms with van der Waals surface area (Å²) in [5, 5.41) is 7.47. The maximum Gasteiger partial charge on any atom is 0.0640 e. The van der Waals surface area contributed by atoms with E-state index in [1.54, 1.807) is 0 Å². The lowest BCUT2D eigenvalue weighted by molar-refractivity contribution is 1.17. The summed E-state index contributed by atoms with van der Waals surface area (Å²) in [5.74, 6) is 0. The van der Waals surface area contributed by atoms with Gasteiger partial charge in [-0.3, -0.25) is 0 Å². The van der Waals surface area contributed by atoms with Crippen LogP contribution in [0.1, 0.15) is 0 Å². The summed E-state index contributed by atoms with van der Waals surface area (Å²) in [7, 11) is 0. The van der Waals surface area contributed by atoms with Crippen LogP contribution in [0.15, 0.2) is 188 Å². The van der Waals surface area contributed by atoms with E-state index in [1.807, 2.05) is 0 Å². The number of benzene rings is 8. The minimum absolute atomic E-state index is 1.15. The predicted octanol–water partition coefficient (Wildman–Crippen LogP) is 12.6. The van der Waals surface area contributed by atoms with Gasteiger partial charge in [0, 0.05) is 49.3 Å². The molecule has 0 fully saturated rings. The number of hydrogen-bond acceptors (Lipinski definition) is 0. The molecule has 0 saturated carbocycles. The minimum Gasteiger partial charge on any atom is -0.309 e. The summed E-state index contributed by atoms with van der Waals surface area (Å²) >= 11 is 0. The summed E-state index contributed by atoms with van der Waals surface area (Å²) in [6, 6.07) is 68.5. The molecule has 0 bridgehead atoms. The molecule has 8 aromatic carbocycles. The summed E-state index contributed by atoms with van der Waals surface area (Å²) in [4.78, 5) is 0. The van der Waals surface area contributed by atoms with Crippen LogP contribution in [0, 0.1) is 0 Å². The van der Waals surface area contributed by atoms with E-state index in [0.29, 0.717) is 0 Å². The van der Waals surface area contributed by atoms with E-state index in [2.05, 4.69) is 202 Å². The molecule has 238 valence electrons. The number of fused-ring (bicyclic) bond motifs is 9. The highest BCUT2D eigenvalue weighted by Gasteiger charge is 2.23. The van der Waals surface area contributed by atoms with Crippen LogP contribution in [-0.4, -0.2) is 13.7 Å². The first-order chi connectivity index (χ1) is 25.3. The van der Waals surface area contributed by atoms with E-state index in [9.17, 15) is 0 Å². The highest BCUT2D eigenvalue weighted by molar-refractivity contribution is 6.19. The Morgan fingerprint density at radius 2 is 0.686 bits per heavy atom. The Balaban J connectivity index is 1.31. The first kappa shape index (κ1) is 28.0. The molecular formula is C48H31N3. The Morgan fingerprint density at radius 1 is 0.275 bits per heavy atom. The average Bonchev–Trinajstić information content (AvgIpc) is 3.84. The summed E-state index contributed by atoms with van der Waals surface area (Å²) in [6.45, 7) is 0. The van der Waals surface area contributed by atoms with Gasteiger partial charge in [0.2, 0.25) is 0 Å². The molecule has 0 unspecified atom stereocenters. The first-order valence-corrected chi connectivity index (χ1v) is 17.5. The van der Waals surface area contributed by atoms with Gasteiger partial charge in [-0.15, -0.1) is 0 Å². The van der Waals surface area contributed by atoms with Crippen LogP contribution >= 0.6 is 0 Å². The van der Waals surface area contributed by atoms with Gasteiger partial charge in [0.1, 0.15) is 0 Å². The van der Waals surface area contributed by atoms with Gasteiger partial charge < -0.3 is 13.7 Å². The number of para-hydroxylation sites is 6. The highest BCUT2D eigenvalue weighted by atomic mass is 15.0. The summed E-state index contributed by atoms with van der Waals surface area (Å²) in [5.41, 5.74) is 13.1. The van der Waals surface area contributed by atoms with Crippen LogP contribution in [0.2, 0.25) is 0 Å². The Labute approximate surface area is 294 Å². The van der Waals surface area contributed by atoms with Gasteiger partial charge in [-0.1, -0.05) is 121 Å². The number of rotatable bonds is 4. The zero-order valence-electron chi connectivity index (χ0n) is 27.7. The van der Waals surface area contributed by atoms with Gasteiger partial charge in [0.25, 0.3) is 0 Å². The second-order valence-corrected chi connectivity index (χ2v) is 13.3. The van der Waals surface area contributed by atoms with Gasteiger partial charge in [-0.05, 0) is 72.3 Å². The molecule has 0 atom stereocenters. The third-order valence-corrected chi connectivity index (χ3v) is 10.6. The van der Waals surface area contributed by atoms with Crippen molar-refractivity contribution in [2.24, 2.45) is 0 Å². The summed E-state index contributed by atoms with van der Waals surface area (Å²) in [6.07, 6.45) is 0. The molecule has 11 aromatic rings. The van der Waals surface area contributed by atoms with Crippen LogP contribution in [0.5, 0.6) is 0 Å². The van der Waals surface area contributed by atoms with Gasteiger partial charge in [-0.2, -0.15) is 0 Å². The topological polar surface area (TPSA) is 14.8 Å². The minimum atomic E-state index is 1.15. The van der Waals surface area contributed by atoms with Crippen molar-refractivity contribution in [3.8, 4) is 28.2 Å². The zero-order valence-corrected chi connectivity index (χ0v) is 27.7. The number of hydrogen-bond donors (Lipinski definition) is 0. The van der Waals surface area contributed by atoms with Crippen LogP contribution in [-0.2, 0) is 0 Å². The number of aromatic nitrogens is 3. The summed E-state index contributed by atoms with van der Waals surface area (Å²) < 4.78 is 7.32. The Hall–Kier alpha value is -6.84. The fraction of sp³-hybridized carbons (Fsp3) is 0. The van der Waals surface area contributed by atoms with Crippen molar-refractivity contribution in [3.63, 3.8) is 0 Å². The quantitative estimate of drug-likeness (QED) is 0.180. The molecule has 3 nitrogen and oxygen atoms in total. The normalized spacial score (nSPS) is 11.9. The Kier molecular flexibility index (Phi) is 5.96. The standard InChI is InChI=1S/C48H31N3/c1-3-15-33(16-4-1)49-41-23-11-9-21-38(41)40-31-32(27-29-45(40)49)35-28-30-46-47(39-22-10-14-26-44(39)50(46)34-17-5-2-6-18-34)48(35)51-42-24-12-7-19-36(42)37-20-8-13-25-43(37)51/h1-31H. The lowest BCUT2D eigenvalue weighted by Gasteiger charge is -2.17. The molecule has 0 aliphatic heterocycles.